The van der Waals surface area contributed by atoms with Gasteiger partial charge >= 0.3 is 5.97 Å². The topological polar surface area (TPSA) is 41.6 Å². The molecule has 0 spiro atoms. The Morgan fingerprint density at radius 3 is 2.65 bits per heavy atom. The first-order valence-electron chi connectivity index (χ1n) is 8.42. The molecule has 0 aromatic rings. The van der Waals surface area contributed by atoms with Crippen LogP contribution in [0.1, 0.15) is 58.3 Å². The first kappa shape index (κ1) is 14.3. The highest BCUT2D eigenvalue weighted by Crippen LogP contribution is 2.36. The Morgan fingerprint density at radius 2 is 2.00 bits per heavy atom. The maximum atomic E-state index is 12.5. The van der Waals surface area contributed by atoms with E-state index in [2.05, 4.69) is 10.2 Å². The number of hydrogen-bond acceptors (Lipinski definition) is 4. The van der Waals surface area contributed by atoms with Gasteiger partial charge in [-0.2, -0.15) is 0 Å². The first-order valence-corrected chi connectivity index (χ1v) is 8.42. The van der Waals surface area contributed by atoms with E-state index in [0.29, 0.717) is 18.7 Å². The van der Waals surface area contributed by atoms with Crippen LogP contribution in [0.5, 0.6) is 0 Å². The number of esters is 1. The van der Waals surface area contributed by atoms with Gasteiger partial charge < -0.3 is 9.64 Å². The summed E-state index contributed by atoms with van der Waals surface area (Å²) in [5.74, 6) is -0.00389. The van der Waals surface area contributed by atoms with Crippen LogP contribution < -0.4 is 5.32 Å². The molecule has 4 heteroatoms. The van der Waals surface area contributed by atoms with Gasteiger partial charge in [0.05, 0.1) is 6.61 Å². The monoisotopic (exact) mass is 280 g/mol. The van der Waals surface area contributed by atoms with Crippen molar-refractivity contribution in [2.24, 2.45) is 0 Å². The summed E-state index contributed by atoms with van der Waals surface area (Å²) in [7, 11) is 0. The van der Waals surface area contributed by atoms with Crippen LogP contribution in [0.4, 0.5) is 0 Å². The SMILES string of the molecule is CCOC(=O)C1(NC2CC2)CCCC(N2CCCC2)C1. The Bertz CT molecular complexity index is 350. The van der Waals surface area contributed by atoms with Crippen molar-refractivity contribution in [2.45, 2.75) is 75.9 Å². The largest absolute Gasteiger partial charge is 0.465 e. The fourth-order valence-corrected chi connectivity index (χ4v) is 3.93. The van der Waals surface area contributed by atoms with E-state index in [1.54, 1.807) is 0 Å². The lowest BCUT2D eigenvalue weighted by molar-refractivity contribution is -0.154. The summed E-state index contributed by atoms with van der Waals surface area (Å²) in [6, 6.07) is 1.12. The van der Waals surface area contributed by atoms with Crippen LogP contribution in [0.3, 0.4) is 0 Å². The van der Waals surface area contributed by atoms with Crippen LogP contribution in [-0.2, 0) is 9.53 Å². The Morgan fingerprint density at radius 1 is 1.25 bits per heavy atom. The van der Waals surface area contributed by atoms with E-state index in [0.717, 1.165) is 19.3 Å². The fraction of sp³-hybridized carbons (Fsp3) is 0.938. The molecule has 1 aliphatic heterocycles. The quantitative estimate of drug-likeness (QED) is 0.783. The summed E-state index contributed by atoms with van der Waals surface area (Å²) in [4.78, 5) is 15.1. The Balaban J connectivity index is 1.71. The minimum absolute atomic E-state index is 0.00389. The standard InChI is InChI=1S/C16H28N2O2/c1-2-20-15(19)16(17-13-7-8-13)9-5-6-14(12-16)18-10-3-4-11-18/h13-14,17H,2-12H2,1H3. The molecule has 2 aliphatic carbocycles. The lowest BCUT2D eigenvalue weighted by atomic mass is 9.78. The Hall–Kier alpha value is -0.610. The van der Waals surface area contributed by atoms with Gasteiger partial charge in [-0.25, -0.2) is 0 Å². The van der Waals surface area contributed by atoms with Crippen molar-refractivity contribution in [2.75, 3.05) is 19.7 Å². The normalized spacial score (nSPS) is 35.1. The van der Waals surface area contributed by atoms with Gasteiger partial charge in [0.25, 0.3) is 0 Å². The molecule has 4 nitrogen and oxygen atoms in total. The zero-order chi connectivity index (χ0) is 14.0. The predicted molar refractivity (Wildman–Crippen MR) is 78.6 cm³/mol. The average Bonchev–Trinajstić information content (AvgIpc) is 3.08. The van der Waals surface area contributed by atoms with Crippen molar-refractivity contribution < 1.29 is 9.53 Å². The summed E-state index contributed by atoms with van der Waals surface area (Å²) in [6.07, 6.45) is 9.35. The second-order valence-corrected chi connectivity index (χ2v) is 6.71. The minimum Gasteiger partial charge on any atom is -0.465 e. The van der Waals surface area contributed by atoms with Crippen LogP contribution in [0.2, 0.25) is 0 Å². The Kier molecular flexibility index (Phi) is 4.32. The third-order valence-corrected chi connectivity index (χ3v) is 5.11. The van der Waals surface area contributed by atoms with Crippen molar-refractivity contribution in [3.8, 4) is 0 Å². The van der Waals surface area contributed by atoms with Crippen LogP contribution >= 0.6 is 0 Å². The van der Waals surface area contributed by atoms with Gasteiger partial charge in [0.1, 0.15) is 5.54 Å². The van der Waals surface area contributed by atoms with Crippen molar-refractivity contribution >= 4 is 5.97 Å². The van der Waals surface area contributed by atoms with Gasteiger partial charge in [0, 0.05) is 12.1 Å². The van der Waals surface area contributed by atoms with Gasteiger partial charge in [0.15, 0.2) is 0 Å². The van der Waals surface area contributed by atoms with Gasteiger partial charge in [0.2, 0.25) is 0 Å². The third kappa shape index (κ3) is 3.01. The van der Waals surface area contributed by atoms with E-state index in [9.17, 15) is 4.79 Å². The van der Waals surface area contributed by atoms with Crippen LogP contribution in [0.25, 0.3) is 0 Å². The molecular formula is C16H28N2O2. The molecule has 1 saturated heterocycles. The highest BCUT2D eigenvalue weighted by atomic mass is 16.5. The number of carbonyl (C=O) groups excluding carboxylic acids is 1. The lowest BCUT2D eigenvalue weighted by Crippen LogP contribution is -2.59. The number of nitrogens with one attached hydrogen (secondary N) is 1. The van der Waals surface area contributed by atoms with Gasteiger partial charge in [-0.15, -0.1) is 0 Å². The molecule has 3 aliphatic rings. The second-order valence-electron chi connectivity index (χ2n) is 6.71. The highest BCUT2D eigenvalue weighted by Gasteiger charge is 2.47. The molecule has 20 heavy (non-hydrogen) atoms. The minimum atomic E-state index is -0.400. The maximum absolute atomic E-state index is 12.5. The summed E-state index contributed by atoms with van der Waals surface area (Å²) in [5.41, 5.74) is -0.400. The van der Waals surface area contributed by atoms with E-state index in [-0.39, 0.29) is 5.97 Å². The van der Waals surface area contributed by atoms with Crippen LogP contribution in [0, 0.1) is 0 Å². The number of ether oxygens (including phenoxy) is 1. The number of carbonyl (C=O) groups is 1. The molecule has 2 saturated carbocycles. The summed E-state index contributed by atoms with van der Waals surface area (Å²) >= 11 is 0. The van der Waals surface area contributed by atoms with Crippen molar-refractivity contribution in [1.82, 2.24) is 10.2 Å². The fourth-order valence-electron chi connectivity index (χ4n) is 3.93. The third-order valence-electron chi connectivity index (χ3n) is 5.11. The lowest BCUT2D eigenvalue weighted by Gasteiger charge is -2.42. The number of rotatable bonds is 5. The molecule has 0 aromatic heterocycles. The van der Waals surface area contributed by atoms with Crippen molar-refractivity contribution in [3.05, 3.63) is 0 Å². The van der Waals surface area contributed by atoms with E-state index in [4.69, 9.17) is 4.74 Å². The highest BCUT2D eigenvalue weighted by molar-refractivity contribution is 5.81. The number of likely N-dealkylation sites (tertiary alicyclic amines) is 1. The number of hydrogen-bond donors (Lipinski definition) is 1. The molecule has 0 amide bonds. The van der Waals surface area contributed by atoms with Gasteiger partial charge in [-0.1, -0.05) is 0 Å². The average molecular weight is 280 g/mol. The molecule has 1 heterocycles. The summed E-state index contributed by atoms with van der Waals surface area (Å²) < 4.78 is 5.40. The second kappa shape index (κ2) is 6.02. The smallest absolute Gasteiger partial charge is 0.326 e. The van der Waals surface area contributed by atoms with E-state index >= 15 is 0 Å². The summed E-state index contributed by atoms with van der Waals surface area (Å²) in [5, 5.41) is 3.64. The zero-order valence-electron chi connectivity index (χ0n) is 12.7. The first-order chi connectivity index (χ1) is 9.73. The zero-order valence-corrected chi connectivity index (χ0v) is 12.7. The van der Waals surface area contributed by atoms with Gasteiger partial charge in [-0.3, -0.25) is 10.1 Å². The van der Waals surface area contributed by atoms with Crippen molar-refractivity contribution in [1.29, 1.82) is 0 Å². The van der Waals surface area contributed by atoms with Gasteiger partial charge in [-0.05, 0) is 71.4 Å². The molecule has 0 bridgehead atoms. The van der Waals surface area contributed by atoms with E-state index in [1.807, 2.05) is 6.92 Å². The molecule has 0 radical (unpaired) electrons. The molecule has 0 aromatic carbocycles. The maximum Gasteiger partial charge on any atom is 0.326 e. The molecule has 3 rings (SSSR count). The van der Waals surface area contributed by atoms with Crippen LogP contribution in [0.15, 0.2) is 0 Å². The Labute approximate surface area is 122 Å². The summed E-state index contributed by atoms with van der Waals surface area (Å²) in [6.45, 7) is 4.82. The molecular weight excluding hydrogens is 252 g/mol. The molecule has 2 unspecified atom stereocenters. The number of nitrogens with zero attached hydrogens (tertiary/aromatic N) is 1. The van der Waals surface area contributed by atoms with E-state index < -0.39 is 5.54 Å². The predicted octanol–water partition coefficient (Wildman–Crippen LogP) is 2.08. The van der Waals surface area contributed by atoms with Crippen molar-refractivity contribution in [3.63, 3.8) is 0 Å². The van der Waals surface area contributed by atoms with Crippen LogP contribution in [-0.4, -0.2) is 48.2 Å². The molecule has 2 atom stereocenters. The molecule has 3 fully saturated rings. The molecule has 114 valence electrons. The molecule has 1 N–H and O–H groups in total. The van der Waals surface area contributed by atoms with E-state index in [1.165, 1.54) is 45.2 Å².